The summed E-state index contributed by atoms with van der Waals surface area (Å²) in [6.07, 6.45) is 1.61. The molecule has 0 aliphatic heterocycles. The van der Waals surface area contributed by atoms with Crippen molar-refractivity contribution >= 4 is 21.6 Å². The Morgan fingerprint density at radius 3 is 2.53 bits per heavy atom. The van der Waals surface area contributed by atoms with E-state index in [9.17, 15) is 5.11 Å². The lowest BCUT2D eigenvalue weighted by molar-refractivity contribution is 0.202. The molecular formula is C13H17BrN2O. The number of aliphatic hydroxyl groups excluding tert-OH is 1. The number of nitrogens with one attached hydrogen (secondary N) is 1. The van der Waals surface area contributed by atoms with Crippen LogP contribution in [0.1, 0.15) is 32.3 Å². The number of nitrogens with zero attached hydrogens (tertiary/aromatic N) is 1. The first kappa shape index (κ1) is 14.0. The van der Waals surface area contributed by atoms with Crippen LogP contribution in [-0.4, -0.2) is 17.3 Å². The van der Waals surface area contributed by atoms with E-state index in [0.717, 1.165) is 23.0 Å². The Morgan fingerprint density at radius 1 is 1.41 bits per heavy atom. The van der Waals surface area contributed by atoms with Gasteiger partial charge in [-0.3, -0.25) is 0 Å². The van der Waals surface area contributed by atoms with Crippen molar-refractivity contribution in [3.63, 3.8) is 0 Å². The average Bonchev–Trinajstić information content (AvgIpc) is 2.36. The van der Waals surface area contributed by atoms with Crippen LogP contribution in [0.3, 0.4) is 0 Å². The van der Waals surface area contributed by atoms with Gasteiger partial charge in [0.2, 0.25) is 0 Å². The predicted molar refractivity (Wildman–Crippen MR) is 72.9 cm³/mol. The first-order valence-electron chi connectivity index (χ1n) is 5.70. The van der Waals surface area contributed by atoms with Crippen molar-refractivity contribution in [1.29, 1.82) is 5.26 Å². The van der Waals surface area contributed by atoms with E-state index in [1.54, 1.807) is 0 Å². The van der Waals surface area contributed by atoms with Gasteiger partial charge in [0.15, 0.2) is 0 Å². The van der Waals surface area contributed by atoms with Crippen molar-refractivity contribution in [2.75, 3.05) is 11.9 Å². The molecule has 0 amide bonds. The molecular weight excluding hydrogens is 280 g/mol. The van der Waals surface area contributed by atoms with Crippen molar-refractivity contribution in [2.24, 2.45) is 0 Å². The topological polar surface area (TPSA) is 56.0 Å². The van der Waals surface area contributed by atoms with Gasteiger partial charge in [0, 0.05) is 4.47 Å². The smallest absolute Gasteiger partial charge is 0.103 e. The second-order valence-electron chi connectivity index (χ2n) is 4.04. The fourth-order valence-corrected chi connectivity index (χ4v) is 2.17. The maximum Gasteiger partial charge on any atom is 0.103 e. The lowest BCUT2D eigenvalue weighted by Gasteiger charge is -2.32. The van der Waals surface area contributed by atoms with Gasteiger partial charge in [0.1, 0.15) is 6.07 Å². The van der Waals surface area contributed by atoms with Gasteiger partial charge >= 0.3 is 0 Å². The van der Waals surface area contributed by atoms with E-state index in [2.05, 4.69) is 27.3 Å². The number of halogens is 1. The average molecular weight is 297 g/mol. The molecule has 0 aliphatic rings. The molecule has 0 heterocycles. The van der Waals surface area contributed by atoms with Gasteiger partial charge in [0.05, 0.1) is 23.4 Å². The molecule has 2 N–H and O–H groups in total. The van der Waals surface area contributed by atoms with Crippen LogP contribution in [-0.2, 0) is 0 Å². The molecule has 0 saturated heterocycles. The van der Waals surface area contributed by atoms with Gasteiger partial charge in [-0.05, 0) is 40.9 Å². The van der Waals surface area contributed by atoms with Crippen LogP contribution in [0.4, 0.5) is 5.69 Å². The number of hydrogen-bond donors (Lipinski definition) is 2. The minimum atomic E-state index is -0.355. The molecule has 0 fully saturated rings. The van der Waals surface area contributed by atoms with Crippen LogP contribution in [0.5, 0.6) is 0 Å². The summed E-state index contributed by atoms with van der Waals surface area (Å²) in [6, 6.07) is 7.74. The lowest BCUT2D eigenvalue weighted by atomic mass is 9.93. The fourth-order valence-electron chi connectivity index (χ4n) is 1.72. The van der Waals surface area contributed by atoms with Gasteiger partial charge in [-0.25, -0.2) is 0 Å². The van der Waals surface area contributed by atoms with E-state index < -0.39 is 0 Å². The largest absolute Gasteiger partial charge is 0.394 e. The zero-order valence-corrected chi connectivity index (χ0v) is 11.7. The predicted octanol–water partition coefficient (Wildman–Crippen LogP) is 3.28. The molecule has 1 aromatic carbocycles. The first-order chi connectivity index (χ1) is 8.12. The van der Waals surface area contributed by atoms with E-state index >= 15 is 0 Å². The Balaban J connectivity index is 3.10. The minimum absolute atomic E-state index is 0.0530. The highest BCUT2D eigenvalue weighted by Crippen LogP contribution is 2.28. The Kier molecular flexibility index (Phi) is 4.98. The van der Waals surface area contributed by atoms with Crippen molar-refractivity contribution in [3.8, 4) is 6.07 Å². The molecule has 0 bridgehead atoms. The molecule has 0 atom stereocenters. The summed E-state index contributed by atoms with van der Waals surface area (Å²) in [6.45, 7) is 4.10. The molecule has 1 rings (SSSR count). The maximum atomic E-state index is 9.51. The van der Waals surface area contributed by atoms with Crippen LogP contribution < -0.4 is 5.32 Å². The van der Waals surface area contributed by atoms with E-state index in [1.807, 2.05) is 32.0 Å². The van der Waals surface area contributed by atoms with Gasteiger partial charge in [-0.2, -0.15) is 5.26 Å². The fraction of sp³-hybridized carbons (Fsp3) is 0.462. The van der Waals surface area contributed by atoms with Gasteiger partial charge in [0.25, 0.3) is 0 Å². The molecule has 4 heteroatoms. The minimum Gasteiger partial charge on any atom is -0.394 e. The number of benzene rings is 1. The highest BCUT2D eigenvalue weighted by atomic mass is 79.9. The summed E-state index contributed by atoms with van der Waals surface area (Å²) in [5.74, 6) is 0. The number of aliphatic hydroxyl groups is 1. The highest BCUT2D eigenvalue weighted by Gasteiger charge is 2.25. The quantitative estimate of drug-likeness (QED) is 0.877. The molecule has 0 unspecified atom stereocenters. The van der Waals surface area contributed by atoms with E-state index in [-0.39, 0.29) is 12.1 Å². The van der Waals surface area contributed by atoms with Crippen molar-refractivity contribution in [3.05, 3.63) is 28.2 Å². The van der Waals surface area contributed by atoms with E-state index in [4.69, 9.17) is 5.26 Å². The molecule has 92 valence electrons. The Labute approximate surface area is 111 Å². The SMILES string of the molecule is CCC(CC)(CO)Nc1cccc(Br)c1C#N. The number of anilines is 1. The summed E-state index contributed by atoms with van der Waals surface area (Å²) in [4.78, 5) is 0. The normalized spacial score (nSPS) is 11.0. The summed E-state index contributed by atoms with van der Waals surface area (Å²) >= 11 is 3.36. The third kappa shape index (κ3) is 2.99. The zero-order chi connectivity index (χ0) is 12.9. The third-order valence-electron chi connectivity index (χ3n) is 3.18. The summed E-state index contributed by atoms with van der Waals surface area (Å²) in [5, 5.41) is 21.9. The van der Waals surface area contributed by atoms with E-state index in [0.29, 0.717) is 5.56 Å². The maximum absolute atomic E-state index is 9.51. The Hall–Kier alpha value is -1.05. The van der Waals surface area contributed by atoms with E-state index in [1.165, 1.54) is 0 Å². The molecule has 0 aromatic heterocycles. The number of rotatable bonds is 5. The molecule has 0 saturated carbocycles. The molecule has 3 nitrogen and oxygen atoms in total. The number of nitriles is 1. The second kappa shape index (κ2) is 6.04. The monoisotopic (exact) mass is 296 g/mol. The summed E-state index contributed by atoms with van der Waals surface area (Å²) in [5.41, 5.74) is 0.985. The Bertz CT molecular complexity index is 414. The van der Waals surface area contributed by atoms with Crippen LogP contribution in [0.25, 0.3) is 0 Å². The highest BCUT2D eigenvalue weighted by molar-refractivity contribution is 9.10. The molecule has 0 radical (unpaired) electrons. The first-order valence-corrected chi connectivity index (χ1v) is 6.49. The van der Waals surface area contributed by atoms with Crippen LogP contribution in [0.2, 0.25) is 0 Å². The summed E-state index contributed by atoms with van der Waals surface area (Å²) < 4.78 is 0.768. The summed E-state index contributed by atoms with van der Waals surface area (Å²) in [7, 11) is 0. The lowest BCUT2D eigenvalue weighted by Crippen LogP contribution is -2.41. The molecule has 1 aromatic rings. The standard InChI is InChI=1S/C13H17BrN2O/c1-3-13(4-2,9-17)16-12-7-5-6-11(14)10(12)8-15/h5-7,16-17H,3-4,9H2,1-2H3. The zero-order valence-electron chi connectivity index (χ0n) is 10.1. The van der Waals surface area contributed by atoms with Crippen LogP contribution in [0.15, 0.2) is 22.7 Å². The molecule has 0 aliphatic carbocycles. The van der Waals surface area contributed by atoms with Gasteiger partial charge in [-0.1, -0.05) is 19.9 Å². The molecule has 17 heavy (non-hydrogen) atoms. The van der Waals surface area contributed by atoms with Crippen molar-refractivity contribution in [1.82, 2.24) is 0 Å². The van der Waals surface area contributed by atoms with Crippen molar-refractivity contribution < 1.29 is 5.11 Å². The Morgan fingerprint density at radius 2 is 2.06 bits per heavy atom. The molecule has 0 spiro atoms. The van der Waals surface area contributed by atoms with Crippen LogP contribution in [0, 0.1) is 11.3 Å². The van der Waals surface area contributed by atoms with Crippen LogP contribution >= 0.6 is 15.9 Å². The van der Waals surface area contributed by atoms with Gasteiger partial charge in [-0.15, -0.1) is 0 Å². The van der Waals surface area contributed by atoms with Crippen molar-refractivity contribution in [2.45, 2.75) is 32.2 Å². The third-order valence-corrected chi connectivity index (χ3v) is 3.84. The number of hydrogen-bond acceptors (Lipinski definition) is 3. The second-order valence-corrected chi connectivity index (χ2v) is 4.90. The van der Waals surface area contributed by atoms with Gasteiger partial charge < -0.3 is 10.4 Å².